The van der Waals surface area contributed by atoms with Crippen LogP contribution in [0, 0.1) is 0 Å². The molecule has 2 fully saturated rings. The van der Waals surface area contributed by atoms with Crippen molar-refractivity contribution in [3.63, 3.8) is 0 Å². The van der Waals surface area contributed by atoms with Crippen molar-refractivity contribution in [2.75, 3.05) is 5.73 Å². The van der Waals surface area contributed by atoms with Crippen molar-refractivity contribution in [2.45, 2.75) is 88.0 Å². The average Bonchev–Trinajstić information content (AvgIpc) is 3.20. The van der Waals surface area contributed by atoms with Crippen molar-refractivity contribution < 1.29 is 14.9 Å². The fraction of sp³-hybridized carbons (Fsp3) is 0.700. The maximum Gasteiger partial charge on any atom is 0.164 e. The number of anilines is 1. The maximum atomic E-state index is 10.6. The first-order valence-electron chi connectivity index (χ1n) is 10.6. The van der Waals surface area contributed by atoms with E-state index in [-0.39, 0.29) is 6.10 Å². The van der Waals surface area contributed by atoms with Crippen LogP contribution in [0.4, 0.5) is 5.82 Å². The van der Waals surface area contributed by atoms with E-state index in [9.17, 15) is 10.2 Å². The van der Waals surface area contributed by atoms with Gasteiger partial charge in [0.1, 0.15) is 37.3 Å². The second-order valence-electron chi connectivity index (χ2n) is 8.18. The van der Waals surface area contributed by atoms with Crippen LogP contribution < -0.4 is 5.73 Å². The van der Waals surface area contributed by atoms with Gasteiger partial charge >= 0.3 is 0 Å². The summed E-state index contributed by atoms with van der Waals surface area (Å²) in [7, 11) is 2.40. The number of hydrogen-bond donors (Lipinski definition) is 3. The number of aliphatic hydroxyl groups excluding tert-OH is 2. The summed E-state index contributed by atoms with van der Waals surface area (Å²) in [5, 5.41) is 21.8. The van der Waals surface area contributed by atoms with Crippen molar-refractivity contribution in [3.05, 3.63) is 18.6 Å². The molecule has 1 saturated carbocycles. The van der Waals surface area contributed by atoms with Gasteiger partial charge in [0, 0.05) is 6.20 Å². The quantitative estimate of drug-likeness (QED) is 0.684. The molecule has 2 aromatic rings. The molecule has 1 radical (unpaired) electrons. The molecule has 4 rings (SSSR count). The van der Waals surface area contributed by atoms with Gasteiger partial charge in [-0.05, 0) is 12.5 Å². The van der Waals surface area contributed by atoms with Gasteiger partial charge in [-0.15, -0.1) is 0 Å². The van der Waals surface area contributed by atoms with Gasteiger partial charge in [0.2, 0.25) is 0 Å². The Morgan fingerprint density at radius 3 is 2.64 bits per heavy atom. The molecular weight excluding hydrogens is 355 g/mol. The van der Waals surface area contributed by atoms with E-state index in [0.29, 0.717) is 29.1 Å². The van der Waals surface area contributed by atoms with Gasteiger partial charge in [0.15, 0.2) is 6.23 Å². The Labute approximate surface area is 166 Å². The highest BCUT2D eigenvalue weighted by atomic mass is 16.6. The average molecular weight is 385 g/mol. The summed E-state index contributed by atoms with van der Waals surface area (Å²) in [5.41, 5.74) is 6.50. The van der Waals surface area contributed by atoms with Gasteiger partial charge in [0.25, 0.3) is 0 Å². The molecule has 28 heavy (non-hydrogen) atoms. The first kappa shape index (κ1) is 19.7. The number of hydrogen-bond acceptors (Lipinski definition) is 6. The van der Waals surface area contributed by atoms with E-state index in [1.165, 1.54) is 51.3 Å². The van der Waals surface area contributed by atoms with Crippen LogP contribution in [-0.4, -0.2) is 50.3 Å². The summed E-state index contributed by atoms with van der Waals surface area (Å²) >= 11 is 0. The molecule has 0 bridgehead atoms. The lowest BCUT2D eigenvalue weighted by Gasteiger charge is -2.20. The fourth-order valence-corrected chi connectivity index (χ4v) is 4.61. The van der Waals surface area contributed by atoms with E-state index in [1.807, 2.05) is 6.07 Å². The zero-order valence-electron chi connectivity index (χ0n) is 16.3. The minimum Gasteiger partial charge on any atom is -0.388 e. The molecule has 151 valence electrons. The summed E-state index contributed by atoms with van der Waals surface area (Å²) in [6.07, 6.45) is 11.1. The first-order valence-corrected chi connectivity index (χ1v) is 10.6. The molecule has 0 aromatic carbocycles. The second-order valence-corrected chi connectivity index (χ2v) is 8.18. The van der Waals surface area contributed by atoms with Gasteiger partial charge in [-0.3, -0.25) is 0 Å². The Hall–Kier alpha value is -1.64. The molecule has 8 heteroatoms. The SMILES string of the molecule is Nc1ncnc2c1ccn2[C@@H]1O[C@H](CC[B]C2CCCCCCC2)[C@@H](O)[C@H]1O. The Balaban J connectivity index is 1.37. The Morgan fingerprint density at radius 2 is 1.86 bits per heavy atom. The third-order valence-corrected chi connectivity index (χ3v) is 6.25. The smallest absolute Gasteiger partial charge is 0.164 e. The number of nitrogens with two attached hydrogens (primary N) is 1. The largest absolute Gasteiger partial charge is 0.388 e. The number of rotatable bonds is 5. The fourth-order valence-electron chi connectivity index (χ4n) is 4.61. The van der Waals surface area contributed by atoms with E-state index >= 15 is 0 Å². The Bertz CT molecular complexity index is 778. The Kier molecular flexibility index (Phi) is 6.18. The van der Waals surface area contributed by atoms with Gasteiger partial charge in [-0.1, -0.05) is 57.1 Å². The standard InChI is InChI=1S/C20H30BN4O3/c22-18-14-9-11-25(19(14)24-12-23-18)20-17(27)16(26)15(28-20)8-10-21-13-6-4-2-1-3-5-7-13/h9,11-13,15-17,20,26-27H,1-8,10H2,(H2,22,23,24)/t15-,16-,17-,20-/m1/s1. The third kappa shape index (κ3) is 4.04. The van der Waals surface area contributed by atoms with Crippen LogP contribution in [0.1, 0.15) is 57.6 Å². The zero-order valence-corrected chi connectivity index (χ0v) is 16.3. The number of fused-ring (bicyclic) bond motifs is 1. The molecule has 0 amide bonds. The number of aromatic nitrogens is 3. The molecule has 2 aromatic heterocycles. The molecule has 1 saturated heterocycles. The molecule has 7 nitrogen and oxygen atoms in total. The van der Waals surface area contributed by atoms with Crippen LogP contribution in [0.25, 0.3) is 11.0 Å². The minimum atomic E-state index is -1.00. The van der Waals surface area contributed by atoms with Crippen molar-refractivity contribution >= 4 is 24.1 Å². The third-order valence-electron chi connectivity index (χ3n) is 6.25. The summed E-state index contributed by atoms with van der Waals surface area (Å²) < 4.78 is 7.79. The van der Waals surface area contributed by atoms with Crippen LogP contribution in [-0.2, 0) is 4.74 Å². The summed E-state index contributed by atoms with van der Waals surface area (Å²) in [6, 6.07) is 1.81. The van der Waals surface area contributed by atoms with Crippen molar-refractivity contribution in [3.8, 4) is 0 Å². The Morgan fingerprint density at radius 1 is 1.11 bits per heavy atom. The monoisotopic (exact) mass is 385 g/mol. The predicted molar refractivity (Wildman–Crippen MR) is 109 cm³/mol. The summed E-state index contributed by atoms with van der Waals surface area (Å²) in [4.78, 5) is 8.25. The highest BCUT2D eigenvalue weighted by molar-refractivity contribution is 6.37. The molecule has 0 spiro atoms. The van der Waals surface area contributed by atoms with E-state index in [0.717, 1.165) is 6.32 Å². The predicted octanol–water partition coefficient (Wildman–Crippen LogP) is 2.68. The number of nitrogen functional groups attached to an aromatic ring is 1. The van der Waals surface area contributed by atoms with Crippen molar-refractivity contribution in [1.82, 2.24) is 14.5 Å². The van der Waals surface area contributed by atoms with Crippen LogP contribution in [0.5, 0.6) is 0 Å². The van der Waals surface area contributed by atoms with Crippen LogP contribution in [0.3, 0.4) is 0 Å². The highest BCUT2D eigenvalue weighted by Gasteiger charge is 2.43. The van der Waals surface area contributed by atoms with E-state index in [1.54, 1.807) is 10.8 Å². The summed E-state index contributed by atoms with van der Waals surface area (Å²) in [5.74, 6) is 1.06. The van der Waals surface area contributed by atoms with Gasteiger partial charge in [-0.25, -0.2) is 9.97 Å². The van der Waals surface area contributed by atoms with Gasteiger partial charge < -0.3 is 25.3 Å². The molecule has 0 unspecified atom stereocenters. The summed E-state index contributed by atoms with van der Waals surface area (Å²) in [6.45, 7) is 0. The van der Waals surface area contributed by atoms with Gasteiger partial charge in [0.05, 0.1) is 11.5 Å². The molecule has 2 aliphatic rings. The van der Waals surface area contributed by atoms with Gasteiger partial charge in [-0.2, -0.15) is 0 Å². The lowest BCUT2D eigenvalue weighted by molar-refractivity contribution is -0.0352. The number of nitrogens with zero attached hydrogens (tertiary/aromatic N) is 3. The first-order chi connectivity index (χ1) is 13.6. The lowest BCUT2D eigenvalue weighted by Crippen LogP contribution is -2.31. The normalized spacial score (nSPS) is 29.6. The zero-order chi connectivity index (χ0) is 19.5. The molecule has 4 N–H and O–H groups in total. The van der Waals surface area contributed by atoms with Crippen LogP contribution in [0.2, 0.25) is 12.1 Å². The molecule has 3 heterocycles. The van der Waals surface area contributed by atoms with Crippen LogP contribution in [0.15, 0.2) is 18.6 Å². The highest BCUT2D eigenvalue weighted by Crippen LogP contribution is 2.35. The topological polar surface area (TPSA) is 106 Å². The second kappa shape index (κ2) is 8.80. The molecule has 4 atom stereocenters. The van der Waals surface area contributed by atoms with Crippen molar-refractivity contribution in [2.24, 2.45) is 0 Å². The van der Waals surface area contributed by atoms with Crippen LogP contribution >= 0.6 is 0 Å². The minimum absolute atomic E-state index is 0.388. The number of aliphatic hydroxyl groups is 2. The van der Waals surface area contributed by atoms with E-state index in [2.05, 4.69) is 17.2 Å². The maximum absolute atomic E-state index is 10.6. The molecular formula is C20H30BN4O3. The molecule has 1 aliphatic carbocycles. The molecule has 1 aliphatic heterocycles. The van der Waals surface area contributed by atoms with Crippen molar-refractivity contribution in [1.29, 1.82) is 0 Å². The van der Waals surface area contributed by atoms with E-state index in [4.69, 9.17) is 10.5 Å². The lowest BCUT2D eigenvalue weighted by atomic mass is 9.57. The number of ether oxygens (including phenoxy) is 1. The van der Waals surface area contributed by atoms with E-state index < -0.39 is 18.4 Å².